The van der Waals surface area contributed by atoms with Crippen molar-refractivity contribution >= 4 is 5.69 Å². The molecule has 2 rings (SSSR count). The molecule has 16 heavy (non-hydrogen) atoms. The molecule has 88 valence electrons. The number of hydrogen-bond donors (Lipinski definition) is 1. The lowest BCUT2D eigenvalue weighted by Gasteiger charge is -2.24. The van der Waals surface area contributed by atoms with Crippen LogP contribution in [-0.4, -0.2) is 25.7 Å². The van der Waals surface area contributed by atoms with E-state index in [-0.39, 0.29) is 5.82 Å². The molecule has 0 amide bonds. The molecule has 0 radical (unpaired) electrons. The van der Waals surface area contributed by atoms with Crippen LogP contribution in [0.1, 0.15) is 18.9 Å². The first kappa shape index (κ1) is 11.4. The Morgan fingerprint density at radius 2 is 2.19 bits per heavy atom. The Morgan fingerprint density at radius 3 is 3.00 bits per heavy atom. The van der Waals surface area contributed by atoms with Crippen molar-refractivity contribution in [3.05, 3.63) is 29.6 Å². The largest absolute Gasteiger partial charge is 0.370 e. The van der Waals surface area contributed by atoms with Crippen LogP contribution in [0.5, 0.6) is 0 Å². The zero-order chi connectivity index (χ0) is 11.5. The van der Waals surface area contributed by atoms with Gasteiger partial charge >= 0.3 is 0 Å². The van der Waals surface area contributed by atoms with Gasteiger partial charge in [0.15, 0.2) is 0 Å². The zero-order valence-electron chi connectivity index (χ0n) is 9.96. The van der Waals surface area contributed by atoms with Crippen LogP contribution >= 0.6 is 0 Å². The number of hydrogen-bond acceptors (Lipinski definition) is 2. The first-order valence-corrected chi connectivity index (χ1v) is 5.91. The van der Waals surface area contributed by atoms with E-state index < -0.39 is 0 Å². The molecule has 2 nitrogen and oxygen atoms in total. The van der Waals surface area contributed by atoms with Crippen LogP contribution in [0.2, 0.25) is 0 Å². The molecule has 1 unspecified atom stereocenters. The highest BCUT2D eigenvalue weighted by Gasteiger charge is 2.15. The summed E-state index contributed by atoms with van der Waals surface area (Å²) in [5.74, 6) is -0.147. The highest BCUT2D eigenvalue weighted by molar-refractivity contribution is 5.53. The minimum atomic E-state index is -0.147. The van der Waals surface area contributed by atoms with Crippen molar-refractivity contribution in [1.29, 1.82) is 0 Å². The van der Waals surface area contributed by atoms with Gasteiger partial charge in [-0.15, -0.1) is 0 Å². The topological polar surface area (TPSA) is 15.3 Å². The lowest BCUT2D eigenvalue weighted by Crippen LogP contribution is -2.29. The van der Waals surface area contributed by atoms with Gasteiger partial charge in [0.05, 0.1) is 0 Å². The molecule has 1 aliphatic heterocycles. The third kappa shape index (κ3) is 2.53. The van der Waals surface area contributed by atoms with Gasteiger partial charge in [-0.3, -0.25) is 0 Å². The van der Waals surface area contributed by atoms with E-state index in [1.165, 1.54) is 6.07 Å². The van der Waals surface area contributed by atoms with E-state index in [0.29, 0.717) is 6.04 Å². The van der Waals surface area contributed by atoms with Gasteiger partial charge in [-0.1, -0.05) is 6.07 Å². The van der Waals surface area contributed by atoms with Crippen LogP contribution in [0.25, 0.3) is 0 Å². The summed E-state index contributed by atoms with van der Waals surface area (Å²) in [7, 11) is 0. The number of halogens is 1. The molecule has 1 atom stereocenters. The summed E-state index contributed by atoms with van der Waals surface area (Å²) in [6.07, 6.45) is 1.11. The summed E-state index contributed by atoms with van der Waals surface area (Å²) in [4.78, 5) is 2.27. The minimum Gasteiger partial charge on any atom is -0.370 e. The molecule has 0 saturated carbocycles. The van der Waals surface area contributed by atoms with Crippen molar-refractivity contribution in [3.8, 4) is 0 Å². The SMILES string of the molecule is Cc1ccc(F)cc1N1CCNC(C)CC1. The molecular formula is C13H19FN2. The van der Waals surface area contributed by atoms with Gasteiger partial charge in [-0.05, 0) is 38.0 Å². The van der Waals surface area contributed by atoms with Crippen LogP contribution in [0, 0.1) is 12.7 Å². The molecule has 1 N–H and O–H groups in total. The predicted octanol–water partition coefficient (Wildman–Crippen LogP) is 2.32. The molecule has 0 spiro atoms. The van der Waals surface area contributed by atoms with Crippen molar-refractivity contribution in [2.75, 3.05) is 24.5 Å². The summed E-state index contributed by atoms with van der Waals surface area (Å²) >= 11 is 0. The summed E-state index contributed by atoms with van der Waals surface area (Å²) in [5.41, 5.74) is 2.19. The third-order valence-corrected chi connectivity index (χ3v) is 3.22. The maximum Gasteiger partial charge on any atom is 0.125 e. The molecule has 1 saturated heterocycles. The monoisotopic (exact) mass is 222 g/mol. The van der Waals surface area contributed by atoms with E-state index in [1.807, 2.05) is 13.0 Å². The first-order chi connectivity index (χ1) is 7.66. The van der Waals surface area contributed by atoms with E-state index >= 15 is 0 Å². The highest BCUT2D eigenvalue weighted by atomic mass is 19.1. The molecule has 1 aromatic rings. The zero-order valence-corrected chi connectivity index (χ0v) is 9.96. The number of anilines is 1. The van der Waals surface area contributed by atoms with Crippen LogP contribution in [0.3, 0.4) is 0 Å². The van der Waals surface area contributed by atoms with Crippen LogP contribution in [0.15, 0.2) is 18.2 Å². The lowest BCUT2D eigenvalue weighted by atomic mass is 10.1. The van der Waals surface area contributed by atoms with Gasteiger partial charge in [-0.2, -0.15) is 0 Å². The van der Waals surface area contributed by atoms with Crippen molar-refractivity contribution < 1.29 is 4.39 Å². The number of aryl methyl sites for hydroxylation is 1. The molecule has 3 heteroatoms. The Balaban J connectivity index is 2.19. The average molecular weight is 222 g/mol. The Labute approximate surface area is 96.5 Å². The lowest BCUT2D eigenvalue weighted by molar-refractivity contribution is 0.566. The van der Waals surface area contributed by atoms with Crippen molar-refractivity contribution in [2.45, 2.75) is 26.3 Å². The number of rotatable bonds is 1. The van der Waals surface area contributed by atoms with Gasteiger partial charge in [0.25, 0.3) is 0 Å². The van der Waals surface area contributed by atoms with Crippen molar-refractivity contribution in [1.82, 2.24) is 5.32 Å². The fraction of sp³-hybridized carbons (Fsp3) is 0.538. The van der Waals surface area contributed by atoms with Gasteiger partial charge in [0, 0.05) is 31.4 Å². The number of nitrogens with one attached hydrogen (secondary N) is 1. The van der Waals surface area contributed by atoms with Crippen molar-refractivity contribution in [2.24, 2.45) is 0 Å². The summed E-state index contributed by atoms with van der Waals surface area (Å²) < 4.78 is 13.2. The summed E-state index contributed by atoms with van der Waals surface area (Å²) in [6, 6.07) is 5.58. The minimum absolute atomic E-state index is 0.147. The quantitative estimate of drug-likeness (QED) is 0.784. The Morgan fingerprint density at radius 1 is 1.38 bits per heavy atom. The molecule has 0 aliphatic carbocycles. The molecule has 0 bridgehead atoms. The normalized spacial score (nSPS) is 21.9. The molecule has 1 heterocycles. The first-order valence-electron chi connectivity index (χ1n) is 5.91. The van der Waals surface area contributed by atoms with E-state index in [4.69, 9.17) is 0 Å². The Kier molecular flexibility index (Phi) is 3.44. The summed E-state index contributed by atoms with van der Waals surface area (Å²) in [5, 5.41) is 3.44. The standard InChI is InChI=1S/C13H19FN2/c1-10-3-4-12(14)9-13(10)16-7-5-11(2)15-6-8-16/h3-4,9,11,15H,5-8H2,1-2H3. The Hall–Kier alpha value is -1.09. The predicted molar refractivity (Wildman–Crippen MR) is 65.4 cm³/mol. The molecule has 1 aliphatic rings. The van der Waals surface area contributed by atoms with Crippen LogP contribution in [-0.2, 0) is 0 Å². The average Bonchev–Trinajstić information content (AvgIpc) is 2.47. The second-order valence-electron chi connectivity index (χ2n) is 4.56. The molecule has 1 fully saturated rings. The molecule has 1 aromatic carbocycles. The second kappa shape index (κ2) is 4.83. The van der Waals surface area contributed by atoms with Crippen LogP contribution < -0.4 is 10.2 Å². The number of benzene rings is 1. The summed E-state index contributed by atoms with van der Waals surface area (Å²) in [6.45, 7) is 7.16. The van der Waals surface area contributed by atoms with E-state index in [9.17, 15) is 4.39 Å². The second-order valence-corrected chi connectivity index (χ2v) is 4.56. The fourth-order valence-electron chi connectivity index (χ4n) is 2.17. The smallest absolute Gasteiger partial charge is 0.125 e. The van der Waals surface area contributed by atoms with Gasteiger partial charge in [0.1, 0.15) is 5.82 Å². The van der Waals surface area contributed by atoms with Crippen LogP contribution in [0.4, 0.5) is 10.1 Å². The fourth-order valence-corrected chi connectivity index (χ4v) is 2.17. The molecular weight excluding hydrogens is 203 g/mol. The van der Waals surface area contributed by atoms with Gasteiger partial charge < -0.3 is 10.2 Å². The van der Waals surface area contributed by atoms with E-state index in [2.05, 4.69) is 17.1 Å². The maximum atomic E-state index is 13.2. The maximum absolute atomic E-state index is 13.2. The van der Waals surface area contributed by atoms with Gasteiger partial charge in [0.2, 0.25) is 0 Å². The van der Waals surface area contributed by atoms with Gasteiger partial charge in [-0.25, -0.2) is 4.39 Å². The highest BCUT2D eigenvalue weighted by Crippen LogP contribution is 2.22. The van der Waals surface area contributed by atoms with E-state index in [1.54, 1.807) is 6.07 Å². The van der Waals surface area contributed by atoms with Crippen molar-refractivity contribution in [3.63, 3.8) is 0 Å². The van der Waals surface area contributed by atoms with E-state index in [0.717, 1.165) is 37.3 Å². The Bertz CT molecular complexity index is 365. The number of nitrogens with zero attached hydrogens (tertiary/aromatic N) is 1. The third-order valence-electron chi connectivity index (χ3n) is 3.22. The molecule has 0 aromatic heterocycles.